The number of carbonyl (C=O) groups excluding carboxylic acids is 1. The zero-order valence-electron chi connectivity index (χ0n) is 18.0. The lowest BCUT2D eigenvalue weighted by atomic mass is 9.98. The molecule has 3 atom stereocenters. The number of amides is 1. The number of benzene rings is 1. The number of carbonyl (C=O) groups is 1. The molecule has 5 nitrogen and oxygen atoms in total. The monoisotopic (exact) mass is 400 g/mol. The highest BCUT2D eigenvalue weighted by Gasteiger charge is 2.44. The van der Waals surface area contributed by atoms with Gasteiger partial charge in [0.25, 0.3) is 5.91 Å². The topological polar surface area (TPSA) is 42.0 Å². The fourth-order valence-electron chi connectivity index (χ4n) is 5.40. The highest BCUT2D eigenvalue weighted by Crippen LogP contribution is 2.38. The number of likely N-dealkylation sites (tertiary alicyclic amines) is 1. The molecule has 1 unspecified atom stereocenters. The minimum absolute atomic E-state index is 0.127. The molecule has 0 saturated carbocycles. The molecule has 3 fully saturated rings. The van der Waals surface area contributed by atoms with E-state index >= 15 is 0 Å². The second-order valence-corrected chi connectivity index (χ2v) is 9.41. The molecule has 0 spiro atoms. The normalized spacial score (nSPS) is 28.1. The van der Waals surface area contributed by atoms with Gasteiger partial charge in [0.15, 0.2) is 6.61 Å². The summed E-state index contributed by atoms with van der Waals surface area (Å²) >= 11 is 0. The third kappa shape index (κ3) is 5.32. The molecule has 5 heteroatoms. The van der Waals surface area contributed by atoms with Crippen molar-refractivity contribution < 1.29 is 14.3 Å². The van der Waals surface area contributed by atoms with Crippen LogP contribution in [0.25, 0.3) is 0 Å². The Morgan fingerprint density at radius 2 is 1.66 bits per heavy atom. The Morgan fingerprint density at radius 1 is 1.00 bits per heavy atom. The molecule has 29 heavy (non-hydrogen) atoms. The van der Waals surface area contributed by atoms with E-state index in [2.05, 4.69) is 23.6 Å². The van der Waals surface area contributed by atoms with Gasteiger partial charge in [-0.05, 0) is 56.6 Å². The van der Waals surface area contributed by atoms with E-state index in [0.29, 0.717) is 24.3 Å². The molecular weight excluding hydrogens is 364 g/mol. The number of fused-ring (bicyclic) bond motifs is 2. The Kier molecular flexibility index (Phi) is 6.76. The largest absolute Gasteiger partial charge is 0.484 e. The Labute approximate surface area is 175 Å². The van der Waals surface area contributed by atoms with Crippen molar-refractivity contribution in [2.75, 3.05) is 26.2 Å². The molecule has 1 aromatic rings. The van der Waals surface area contributed by atoms with Crippen LogP contribution in [0.5, 0.6) is 5.75 Å². The number of piperidine rings is 2. The van der Waals surface area contributed by atoms with Crippen molar-refractivity contribution in [1.82, 2.24) is 9.80 Å². The maximum Gasteiger partial charge on any atom is 0.261 e. The van der Waals surface area contributed by atoms with Gasteiger partial charge in [0, 0.05) is 31.7 Å². The molecule has 0 aromatic heterocycles. The molecule has 0 aliphatic carbocycles. The van der Waals surface area contributed by atoms with Gasteiger partial charge in [0.05, 0.1) is 12.2 Å². The van der Waals surface area contributed by atoms with Crippen molar-refractivity contribution in [3.8, 4) is 5.75 Å². The minimum Gasteiger partial charge on any atom is -0.484 e. The first-order chi connectivity index (χ1) is 14.1. The number of hydrogen-bond donors (Lipinski definition) is 0. The summed E-state index contributed by atoms with van der Waals surface area (Å²) in [5, 5.41) is 0. The van der Waals surface area contributed by atoms with Gasteiger partial charge < -0.3 is 19.3 Å². The van der Waals surface area contributed by atoms with Crippen molar-refractivity contribution in [2.24, 2.45) is 5.92 Å². The van der Waals surface area contributed by atoms with Gasteiger partial charge in [0.1, 0.15) is 5.75 Å². The van der Waals surface area contributed by atoms with Gasteiger partial charge in [-0.3, -0.25) is 4.79 Å². The van der Waals surface area contributed by atoms with E-state index < -0.39 is 0 Å². The molecule has 3 heterocycles. The second-order valence-electron chi connectivity index (χ2n) is 9.41. The molecule has 0 radical (unpaired) electrons. The van der Waals surface area contributed by atoms with Crippen LogP contribution in [0, 0.1) is 5.92 Å². The summed E-state index contributed by atoms with van der Waals surface area (Å²) in [6, 6.07) is 10.3. The van der Waals surface area contributed by atoms with Crippen LogP contribution in [-0.4, -0.2) is 66.2 Å². The summed E-state index contributed by atoms with van der Waals surface area (Å²) in [6.07, 6.45) is 7.18. The molecule has 3 aliphatic heterocycles. The molecule has 1 aromatic carbocycles. The predicted molar refractivity (Wildman–Crippen MR) is 114 cm³/mol. The summed E-state index contributed by atoms with van der Waals surface area (Å²) in [6.45, 7) is 8.23. The highest BCUT2D eigenvalue weighted by atomic mass is 16.5. The van der Waals surface area contributed by atoms with Crippen LogP contribution >= 0.6 is 0 Å². The van der Waals surface area contributed by atoms with E-state index in [-0.39, 0.29) is 12.5 Å². The van der Waals surface area contributed by atoms with Gasteiger partial charge >= 0.3 is 0 Å². The van der Waals surface area contributed by atoms with Gasteiger partial charge in [0.2, 0.25) is 0 Å². The number of hydrogen-bond acceptors (Lipinski definition) is 4. The number of nitrogens with zero attached hydrogens (tertiary/aromatic N) is 2. The van der Waals surface area contributed by atoms with E-state index in [4.69, 9.17) is 9.47 Å². The summed E-state index contributed by atoms with van der Waals surface area (Å²) < 4.78 is 12.2. The van der Waals surface area contributed by atoms with Crippen LogP contribution in [0.3, 0.4) is 0 Å². The zero-order valence-corrected chi connectivity index (χ0v) is 18.0. The van der Waals surface area contributed by atoms with Crippen molar-refractivity contribution >= 4 is 5.91 Å². The molecule has 1 amide bonds. The van der Waals surface area contributed by atoms with Crippen molar-refractivity contribution in [2.45, 2.75) is 76.7 Å². The van der Waals surface area contributed by atoms with Crippen LogP contribution < -0.4 is 4.74 Å². The fraction of sp³-hybridized carbons (Fsp3) is 0.708. The van der Waals surface area contributed by atoms with Crippen molar-refractivity contribution in [1.29, 1.82) is 0 Å². The third-order valence-electron chi connectivity index (χ3n) is 6.63. The first kappa shape index (κ1) is 20.7. The van der Waals surface area contributed by atoms with Crippen LogP contribution in [0.4, 0.5) is 0 Å². The van der Waals surface area contributed by atoms with Crippen LogP contribution in [-0.2, 0) is 9.53 Å². The zero-order chi connectivity index (χ0) is 20.2. The summed E-state index contributed by atoms with van der Waals surface area (Å²) in [4.78, 5) is 17.5. The first-order valence-corrected chi connectivity index (χ1v) is 11.5. The third-order valence-corrected chi connectivity index (χ3v) is 6.63. The van der Waals surface area contributed by atoms with Crippen LogP contribution in [0.2, 0.25) is 0 Å². The van der Waals surface area contributed by atoms with Gasteiger partial charge in [-0.2, -0.15) is 0 Å². The molecule has 2 bridgehead atoms. The molecule has 3 aliphatic rings. The summed E-state index contributed by atoms with van der Waals surface area (Å²) in [5.74, 6) is 1.62. The minimum atomic E-state index is 0.127. The average Bonchev–Trinajstić information content (AvgIpc) is 2.99. The van der Waals surface area contributed by atoms with Crippen molar-refractivity contribution in [3.63, 3.8) is 0 Å². The molecular formula is C24H36N2O3. The predicted octanol–water partition coefficient (Wildman–Crippen LogP) is 3.72. The molecule has 4 rings (SSSR count). The first-order valence-electron chi connectivity index (χ1n) is 11.5. The van der Waals surface area contributed by atoms with E-state index in [1.54, 1.807) is 0 Å². The van der Waals surface area contributed by atoms with E-state index in [1.165, 1.54) is 6.54 Å². The average molecular weight is 401 g/mol. The van der Waals surface area contributed by atoms with Gasteiger partial charge in [-0.15, -0.1) is 0 Å². The lowest BCUT2D eigenvalue weighted by Gasteiger charge is -2.41. The SMILES string of the molecule is CC(C)CN1CCC(OC2C[C@H]3CC[C@@H](C2)N3C(=O)COc2ccccc2)CC1. The molecule has 160 valence electrons. The summed E-state index contributed by atoms with van der Waals surface area (Å²) in [5.41, 5.74) is 0. The van der Waals surface area contributed by atoms with Crippen molar-refractivity contribution in [3.05, 3.63) is 30.3 Å². The van der Waals surface area contributed by atoms with E-state index in [1.807, 2.05) is 30.3 Å². The number of rotatable bonds is 7. The maximum atomic E-state index is 12.8. The smallest absolute Gasteiger partial charge is 0.261 e. The lowest BCUT2D eigenvalue weighted by Crippen LogP contribution is -2.51. The molecule has 0 N–H and O–H groups in total. The van der Waals surface area contributed by atoms with E-state index in [9.17, 15) is 4.79 Å². The maximum absolute atomic E-state index is 12.8. The van der Waals surface area contributed by atoms with Gasteiger partial charge in [-0.1, -0.05) is 32.0 Å². The standard InChI is InChI=1S/C24H36N2O3/c1-18(2)16-25-12-10-22(11-13-25)29-23-14-19-8-9-20(15-23)26(19)24(27)17-28-21-6-4-3-5-7-21/h3-7,18-20,22-23H,8-17H2,1-2H3/t19-,20+,23?. The van der Waals surface area contributed by atoms with Gasteiger partial charge in [-0.25, -0.2) is 0 Å². The lowest BCUT2D eigenvalue weighted by molar-refractivity contribution is -0.143. The van der Waals surface area contributed by atoms with Crippen LogP contribution in [0.15, 0.2) is 30.3 Å². The Hall–Kier alpha value is -1.59. The number of para-hydroxylation sites is 1. The Balaban J connectivity index is 1.23. The van der Waals surface area contributed by atoms with Crippen LogP contribution in [0.1, 0.15) is 52.4 Å². The second kappa shape index (κ2) is 9.48. The fourth-order valence-corrected chi connectivity index (χ4v) is 5.40. The number of ether oxygens (including phenoxy) is 2. The molecule has 3 saturated heterocycles. The van der Waals surface area contributed by atoms with E-state index in [0.717, 1.165) is 63.3 Å². The Morgan fingerprint density at radius 3 is 2.28 bits per heavy atom. The quantitative estimate of drug-likeness (QED) is 0.700. The summed E-state index contributed by atoms with van der Waals surface area (Å²) in [7, 11) is 0. The highest BCUT2D eigenvalue weighted by molar-refractivity contribution is 5.79. The Bertz CT molecular complexity index is 643.